The Hall–Kier alpha value is 1.52. The van der Waals surface area contributed by atoms with Crippen molar-refractivity contribution in [2.24, 2.45) is 28.6 Å². The van der Waals surface area contributed by atoms with Crippen molar-refractivity contribution in [2.45, 2.75) is 71.3 Å². The maximum absolute atomic E-state index is 11.9. The Morgan fingerprint density at radius 1 is 1.04 bits per heavy atom. The van der Waals surface area contributed by atoms with Crippen LogP contribution >= 0.6 is 7.82 Å². The first kappa shape index (κ1) is 24.8. The maximum atomic E-state index is 11.9. The van der Waals surface area contributed by atoms with Crippen molar-refractivity contribution in [3.8, 4) is 0 Å². The molecule has 6 atom stereocenters. The van der Waals surface area contributed by atoms with E-state index in [1.54, 1.807) is 0 Å². The van der Waals surface area contributed by atoms with Crippen LogP contribution in [0.1, 0.15) is 65.2 Å². The Balaban J connectivity index is 0.00000131. The molecule has 3 fully saturated rings. The number of carbonyl (C=O) groups excluding carboxylic acids is 1. The number of fused-ring (bicyclic) bond motifs is 5. The molecule has 0 amide bonds. The third-order valence-corrected chi connectivity index (χ3v) is 8.64. The van der Waals surface area contributed by atoms with E-state index in [9.17, 15) is 19.1 Å². The van der Waals surface area contributed by atoms with Gasteiger partial charge in [0.15, 0.2) is 5.78 Å². The number of ketones is 1. The quantitative estimate of drug-likeness (QED) is 0.351. The molecule has 3 saturated carbocycles. The van der Waals surface area contributed by atoms with Gasteiger partial charge in [0.2, 0.25) is 0 Å². The standard InChI is InChI=1S/C19H29O5P.2Na/c1-18-9-7-13(20)11-12(18)3-4-14-15-5-6-17(24-25(21,22)23)19(15,2)10-8-16(14)18;;/h11,14-17H,3-10H2,1-2H3,(H2,21,22,23);;/q;2*+1/p-2/t14?,15?,16?,17?,18-,19-;;/m0../s1. The molecule has 4 aliphatic carbocycles. The topological polar surface area (TPSA) is 89.5 Å². The molecule has 0 aromatic carbocycles. The molecule has 0 aliphatic heterocycles. The first-order valence-corrected chi connectivity index (χ1v) is 11.0. The van der Waals surface area contributed by atoms with Crippen LogP contribution < -0.4 is 68.9 Å². The Kier molecular flexibility index (Phi) is 7.87. The predicted octanol–water partition coefficient (Wildman–Crippen LogP) is -3.26. The molecule has 0 N–H and O–H groups in total. The SMILES string of the molecule is C[C@]12CCC3C(CCC4=CC(=O)CC[C@@]43C)C1CCC2OP(=O)([O-])[O-].[Na+].[Na+]. The molecule has 5 nitrogen and oxygen atoms in total. The van der Waals surface area contributed by atoms with Crippen LogP contribution in [0.5, 0.6) is 0 Å². The zero-order valence-corrected chi connectivity index (χ0v) is 21.9. The van der Waals surface area contributed by atoms with Crippen molar-refractivity contribution < 1.29 is 82.8 Å². The van der Waals surface area contributed by atoms with Gasteiger partial charge in [0.05, 0.1) is 13.9 Å². The molecule has 4 unspecified atom stereocenters. The Labute approximate surface area is 206 Å². The van der Waals surface area contributed by atoms with E-state index in [-0.39, 0.29) is 75.7 Å². The van der Waals surface area contributed by atoms with E-state index in [1.165, 1.54) is 5.57 Å². The van der Waals surface area contributed by atoms with Crippen LogP contribution in [0.15, 0.2) is 11.6 Å². The third kappa shape index (κ3) is 4.31. The van der Waals surface area contributed by atoms with E-state index >= 15 is 0 Å². The van der Waals surface area contributed by atoms with E-state index in [4.69, 9.17) is 4.52 Å². The van der Waals surface area contributed by atoms with E-state index in [2.05, 4.69) is 13.8 Å². The number of carbonyl (C=O) groups is 1. The molecular formula is C19H27Na2O5P. The van der Waals surface area contributed by atoms with Gasteiger partial charge in [-0.05, 0) is 79.6 Å². The van der Waals surface area contributed by atoms with Crippen LogP contribution in [0.4, 0.5) is 0 Å². The molecule has 4 rings (SSSR count). The average molecular weight is 412 g/mol. The van der Waals surface area contributed by atoms with Gasteiger partial charge >= 0.3 is 59.1 Å². The predicted molar refractivity (Wildman–Crippen MR) is 89.2 cm³/mol. The smallest absolute Gasteiger partial charge is 0.790 e. The van der Waals surface area contributed by atoms with E-state index in [1.807, 2.05) is 6.08 Å². The summed E-state index contributed by atoms with van der Waals surface area (Å²) in [6.07, 6.45) is 8.61. The van der Waals surface area contributed by atoms with Crippen LogP contribution in [0, 0.1) is 28.6 Å². The van der Waals surface area contributed by atoms with E-state index in [0.29, 0.717) is 30.6 Å². The minimum absolute atomic E-state index is 0. The summed E-state index contributed by atoms with van der Waals surface area (Å²) >= 11 is 0. The van der Waals surface area contributed by atoms with Crippen LogP contribution in [-0.2, 0) is 13.9 Å². The van der Waals surface area contributed by atoms with E-state index in [0.717, 1.165) is 38.5 Å². The van der Waals surface area contributed by atoms with Gasteiger partial charge in [0, 0.05) is 6.42 Å². The summed E-state index contributed by atoms with van der Waals surface area (Å²) in [5, 5.41) is 0. The molecule has 140 valence electrons. The number of phosphoric acid groups is 1. The fourth-order valence-electron chi connectivity index (χ4n) is 6.84. The monoisotopic (exact) mass is 412 g/mol. The summed E-state index contributed by atoms with van der Waals surface area (Å²) in [6, 6.07) is 0. The second-order valence-corrected chi connectivity index (χ2v) is 10.2. The van der Waals surface area contributed by atoms with Gasteiger partial charge in [-0.25, -0.2) is 0 Å². The van der Waals surface area contributed by atoms with Gasteiger partial charge in [0.25, 0.3) is 0 Å². The van der Waals surface area contributed by atoms with Gasteiger partial charge in [-0.1, -0.05) is 19.4 Å². The molecule has 0 aromatic heterocycles. The molecule has 8 heteroatoms. The Morgan fingerprint density at radius 3 is 2.41 bits per heavy atom. The Bertz CT molecular complexity index is 677. The second kappa shape index (κ2) is 8.57. The zero-order chi connectivity index (χ0) is 18.0. The van der Waals surface area contributed by atoms with Gasteiger partial charge in [-0.15, -0.1) is 0 Å². The summed E-state index contributed by atoms with van der Waals surface area (Å²) < 4.78 is 16.2. The van der Waals surface area contributed by atoms with Crippen molar-refractivity contribution in [2.75, 3.05) is 0 Å². The summed E-state index contributed by atoms with van der Waals surface area (Å²) in [7, 11) is -4.95. The number of hydrogen-bond donors (Lipinski definition) is 0. The summed E-state index contributed by atoms with van der Waals surface area (Å²) in [4.78, 5) is 34.2. The average Bonchev–Trinajstić information content (AvgIpc) is 2.83. The normalized spacial score (nSPS) is 43.4. The minimum atomic E-state index is -4.95. The van der Waals surface area contributed by atoms with Gasteiger partial charge < -0.3 is 18.9 Å². The third-order valence-electron chi connectivity index (χ3n) is 8.13. The fourth-order valence-corrected chi connectivity index (χ4v) is 7.50. The van der Waals surface area contributed by atoms with Crippen LogP contribution in [-0.4, -0.2) is 11.9 Å². The number of rotatable bonds is 2. The van der Waals surface area contributed by atoms with Gasteiger partial charge in [-0.2, -0.15) is 0 Å². The summed E-state index contributed by atoms with van der Waals surface area (Å²) in [5.74, 6) is 1.78. The molecule has 0 saturated heterocycles. The first-order chi connectivity index (χ1) is 11.6. The van der Waals surface area contributed by atoms with Gasteiger partial charge in [0.1, 0.15) is 0 Å². The summed E-state index contributed by atoms with van der Waals surface area (Å²) in [6.45, 7) is 4.45. The maximum Gasteiger partial charge on any atom is 1.00 e. The number of allylic oxidation sites excluding steroid dienone is 1. The number of hydrogen-bond acceptors (Lipinski definition) is 5. The zero-order valence-electron chi connectivity index (χ0n) is 17.0. The van der Waals surface area contributed by atoms with Crippen molar-refractivity contribution >= 4 is 13.6 Å². The molecule has 0 aromatic rings. The van der Waals surface area contributed by atoms with Crippen molar-refractivity contribution in [1.82, 2.24) is 0 Å². The minimum Gasteiger partial charge on any atom is -0.790 e. The molecule has 0 radical (unpaired) electrons. The first-order valence-electron chi connectivity index (χ1n) is 9.58. The van der Waals surface area contributed by atoms with Crippen molar-refractivity contribution in [3.05, 3.63) is 11.6 Å². The molecule has 0 heterocycles. The Morgan fingerprint density at radius 2 is 1.74 bits per heavy atom. The van der Waals surface area contributed by atoms with Gasteiger partial charge in [-0.3, -0.25) is 4.79 Å². The van der Waals surface area contributed by atoms with Crippen LogP contribution in [0.2, 0.25) is 0 Å². The summed E-state index contributed by atoms with van der Waals surface area (Å²) in [5.41, 5.74) is 1.24. The van der Waals surface area contributed by atoms with Crippen LogP contribution in [0.3, 0.4) is 0 Å². The molecule has 27 heavy (non-hydrogen) atoms. The van der Waals surface area contributed by atoms with Crippen molar-refractivity contribution in [1.29, 1.82) is 0 Å². The fraction of sp³-hybridized carbons (Fsp3) is 0.842. The molecule has 4 aliphatic rings. The molecular weight excluding hydrogens is 385 g/mol. The molecule has 0 bridgehead atoms. The number of phosphoric ester groups is 1. The molecule has 0 spiro atoms. The largest absolute Gasteiger partial charge is 1.00 e. The van der Waals surface area contributed by atoms with E-state index < -0.39 is 13.9 Å². The van der Waals surface area contributed by atoms with Crippen molar-refractivity contribution in [3.63, 3.8) is 0 Å². The van der Waals surface area contributed by atoms with Crippen LogP contribution in [0.25, 0.3) is 0 Å². The second-order valence-electron chi connectivity index (χ2n) is 9.13.